The molecular weight excluding hydrogens is 218 g/mol. The normalized spacial score (nSPS) is 10.2. The van der Waals surface area contributed by atoms with Crippen LogP contribution in [0.15, 0.2) is 30.6 Å². The summed E-state index contributed by atoms with van der Waals surface area (Å²) >= 11 is 0. The van der Waals surface area contributed by atoms with Crippen molar-refractivity contribution in [1.29, 1.82) is 0 Å². The van der Waals surface area contributed by atoms with Crippen LogP contribution in [0.4, 0.5) is 5.82 Å². The molecule has 0 bridgehead atoms. The quantitative estimate of drug-likeness (QED) is 0.797. The predicted octanol–water partition coefficient (Wildman–Crippen LogP) is 0.327. The molecule has 0 saturated heterocycles. The third-order valence-electron chi connectivity index (χ3n) is 2.40. The van der Waals surface area contributed by atoms with Crippen LogP contribution in [0.1, 0.15) is 16.1 Å². The Kier molecular flexibility index (Phi) is 3.04. The molecule has 0 aliphatic carbocycles. The number of hydrogen-bond acceptors (Lipinski definition) is 4. The van der Waals surface area contributed by atoms with Gasteiger partial charge in [0, 0.05) is 25.0 Å². The Labute approximate surface area is 98.5 Å². The van der Waals surface area contributed by atoms with Gasteiger partial charge in [-0.25, -0.2) is 4.98 Å². The number of carbonyl (C=O) groups is 1. The summed E-state index contributed by atoms with van der Waals surface area (Å²) in [6.07, 6.45) is 3.19. The summed E-state index contributed by atoms with van der Waals surface area (Å²) in [6.45, 7) is 0.428. The average molecular weight is 231 g/mol. The second-order valence-corrected chi connectivity index (χ2v) is 3.60. The molecule has 2 aromatic heterocycles. The van der Waals surface area contributed by atoms with Gasteiger partial charge in [0.25, 0.3) is 5.91 Å². The number of amides is 1. The van der Waals surface area contributed by atoms with E-state index < -0.39 is 0 Å². The number of rotatable bonds is 3. The standard InChI is InChI=1S/C11H13N5O/c1-16-9(3-5-15-16)7-14-11(17)8-2-4-13-10(12)6-8/h2-6H,7H2,1H3,(H2,12,13)(H,14,17). The van der Waals surface area contributed by atoms with Gasteiger partial charge in [-0.2, -0.15) is 5.10 Å². The molecule has 1 amide bonds. The minimum Gasteiger partial charge on any atom is -0.384 e. The van der Waals surface area contributed by atoms with Crippen LogP contribution in [0.2, 0.25) is 0 Å². The van der Waals surface area contributed by atoms with Crippen LogP contribution < -0.4 is 11.1 Å². The summed E-state index contributed by atoms with van der Waals surface area (Å²) in [5, 5.41) is 6.80. The number of nitrogens with zero attached hydrogens (tertiary/aromatic N) is 3. The molecular formula is C11H13N5O. The first-order valence-corrected chi connectivity index (χ1v) is 5.13. The molecule has 0 unspecified atom stereocenters. The van der Waals surface area contributed by atoms with E-state index in [1.807, 2.05) is 13.1 Å². The lowest BCUT2D eigenvalue weighted by Gasteiger charge is -2.05. The van der Waals surface area contributed by atoms with Crippen LogP contribution in [0.25, 0.3) is 0 Å². The van der Waals surface area contributed by atoms with Gasteiger partial charge < -0.3 is 11.1 Å². The average Bonchev–Trinajstić information content (AvgIpc) is 2.72. The monoisotopic (exact) mass is 231 g/mol. The predicted molar refractivity (Wildman–Crippen MR) is 63.0 cm³/mol. The fourth-order valence-electron chi connectivity index (χ4n) is 1.44. The third kappa shape index (κ3) is 2.60. The number of pyridine rings is 1. The summed E-state index contributed by atoms with van der Waals surface area (Å²) in [5.74, 6) is 0.151. The maximum Gasteiger partial charge on any atom is 0.251 e. The zero-order valence-corrected chi connectivity index (χ0v) is 9.42. The maximum atomic E-state index is 11.8. The first-order chi connectivity index (χ1) is 8.16. The van der Waals surface area contributed by atoms with Gasteiger partial charge in [0.2, 0.25) is 0 Å². The van der Waals surface area contributed by atoms with Gasteiger partial charge in [-0.1, -0.05) is 0 Å². The Hall–Kier alpha value is -2.37. The van der Waals surface area contributed by atoms with E-state index >= 15 is 0 Å². The van der Waals surface area contributed by atoms with E-state index in [9.17, 15) is 4.79 Å². The molecule has 6 heteroatoms. The Bertz CT molecular complexity index is 534. The van der Waals surface area contributed by atoms with Gasteiger partial charge in [-0.05, 0) is 18.2 Å². The first-order valence-electron chi connectivity index (χ1n) is 5.13. The van der Waals surface area contributed by atoms with Crippen LogP contribution in [-0.2, 0) is 13.6 Å². The van der Waals surface area contributed by atoms with Gasteiger partial charge in [0.05, 0.1) is 12.2 Å². The van der Waals surface area contributed by atoms with Crippen molar-refractivity contribution in [3.63, 3.8) is 0 Å². The van der Waals surface area contributed by atoms with E-state index in [0.717, 1.165) is 5.69 Å². The van der Waals surface area contributed by atoms with Crippen molar-refractivity contribution in [1.82, 2.24) is 20.1 Å². The van der Waals surface area contributed by atoms with Gasteiger partial charge >= 0.3 is 0 Å². The summed E-state index contributed by atoms with van der Waals surface area (Å²) in [6, 6.07) is 5.01. The van der Waals surface area contributed by atoms with Crippen LogP contribution >= 0.6 is 0 Å². The Balaban J connectivity index is 2.01. The topological polar surface area (TPSA) is 85.8 Å². The molecule has 0 aliphatic heterocycles. The fraction of sp³-hybridized carbons (Fsp3) is 0.182. The summed E-state index contributed by atoms with van der Waals surface area (Å²) in [5.41, 5.74) is 6.94. The molecule has 3 N–H and O–H groups in total. The molecule has 0 fully saturated rings. The molecule has 2 rings (SSSR count). The van der Waals surface area contributed by atoms with E-state index in [2.05, 4.69) is 15.4 Å². The van der Waals surface area contributed by atoms with Crippen molar-refractivity contribution in [2.75, 3.05) is 5.73 Å². The highest BCUT2D eigenvalue weighted by atomic mass is 16.1. The van der Waals surface area contributed by atoms with E-state index in [1.165, 1.54) is 6.20 Å². The van der Waals surface area contributed by atoms with Gasteiger partial charge in [0.15, 0.2) is 0 Å². The second kappa shape index (κ2) is 4.65. The molecule has 6 nitrogen and oxygen atoms in total. The minimum absolute atomic E-state index is 0.180. The molecule has 0 aliphatic rings. The summed E-state index contributed by atoms with van der Waals surface area (Å²) in [7, 11) is 1.83. The zero-order chi connectivity index (χ0) is 12.3. The third-order valence-corrected chi connectivity index (χ3v) is 2.40. The van der Waals surface area contributed by atoms with E-state index in [1.54, 1.807) is 23.0 Å². The molecule has 2 aromatic rings. The van der Waals surface area contributed by atoms with Crippen molar-refractivity contribution in [2.24, 2.45) is 7.05 Å². The number of hydrogen-bond donors (Lipinski definition) is 2. The Morgan fingerprint density at radius 1 is 1.47 bits per heavy atom. The summed E-state index contributed by atoms with van der Waals surface area (Å²) in [4.78, 5) is 15.6. The molecule has 17 heavy (non-hydrogen) atoms. The molecule has 0 saturated carbocycles. The molecule has 88 valence electrons. The molecule has 0 radical (unpaired) electrons. The van der Waals surface area contributed by atoms with Crippen LogP contribution in [0, 0.1) is 0 Å². The second-order valence-electron chi connectivity index (χ2n) is 3.60. The van der Waals surface area contributed by atoms with E-state index in [4.69, 9.17) is 5.73 Å². The van der Waals surface area contributed by atoms with Crippen molar-refractivity contribution in [2.45, 2.75) is 6.54 Å². The molecule has 2 heterocycles. The smallest absolute Gasteiger partial charge is 0.251 e. The SMILES string of the molecule is Cn1nccc1CNC(=O)c1ccnc(N)c1. The van der Waals surface area contributed by atoms with Crippen molar-refractivity contribution in [3.8, 4) is 0 Å². The van der Waals surface area contributed by atoms with Crippen LogP contribution in [-0.4, -0.2) is 20.7 Å². The van der Waals surface area contributed by atoms with E-state index in [0.29, 0.717) is 17.9 Å². The highest BCUT2D eigenvalue weighted by Gasteiger charge is 2.06. The maximum absolute atomic E-state index is 11.8. The number of nitrogens with one attached hydrogen (secondary N) is 1. The number of carbonyl (C=O) groups excluding carboxylic acids is 1. The number of anilines is 1. The van der Waals surface area contributed by atoms with Crippen molar-refractivity contribution >= 4 is 11.7 Å². The molecule has 0 aromatic carbocycles. The van der Waals surface area contributed by atoms with Crippen molar-refractivity contribution in [3.05, 3.63) is 41.9 Å². The lowest BCUT2D eigenvalue weighted by Crippen LogP contribution is -2.24. The Morgan fingerprint density at radius 2 is 2.29 bits per heavy atom. The lowest BCUT2D eigenvalue weighted by molar-refractivity contribution is 0.0950. The van der Waals surface area contributed by atoms with Crippen molar-refractivity contribution < 1.29 is 4.79 Å². The lowest BCUT2D eigenvalue weighted by atomic mass is 10.2. The number of nitrogens with two attached hydrogens (primary N) is 1. The van der Waals surface area contributed by atoms with Gasteiger partial charge in [-0.15, -0.1) is 0 Å². The number of nitrogen functional groups attached to an aromatic ring is 1. The fourth-order valence-corrected chi connectivity index (χ4v) is 1.44. The molecule has 0 atom stereocenters. The van der Waals surface area contributed by atoms with Crippen LogP contribution in [0.5, 0.6) is 0 Å². The highest BCUT2D eigenvalue weighted by molar-refractivity contribution is 5.94. The highest BCUT2D eigenvalue weighted by Crippen LogP contribution is 2.03. The zero-order valence-electron chi connectivity index (χ0n) is 9.42. The minimum atomic E-state index is -0.180. The van der Waals surface area contributed by atoms with Gasteiger partial charge in [0.1, 0.15) is 5.82 Å². The largest absolute Gasteiger partial charge is 0.384 e. The van der Waals surface area contributed by atoms with E-state index in [-0.39, 0.29) is 5.91 Å². The Morgan fingerprint density at radius 3 is 2.94 bits per heavy atom. The summed E-state index contributed by atoms with van der Waals surface area (Å²) < 4.78 is 1.71. The number of aryl methyl sites for hydroxylation is 1. The van der Waals surface area contributed by atoms with Gasteiger partial charge in [-0.3, -0.25) is 9.48 Å². The first kappa shape index (κ1) is 11.1. The van der Waals surface area contributed by atoms with Crippen LogP contribution in [0.3, 0.4) is 0 Å². The molecule has 0 spiro atoms. The number of aromatic nitrogens is 3.